The Bertz CT molecular complexity index is 1230. The molecule has 1 fully saturated rings. The number of pyridine rings is 1. The molecule has 1 amide bonds. The van der Waals surface area contributed by atoms with Gasteiger partial charge in [0, 0.05) is 30.5 Å². The van der Waals surface area contributed by atoms with Gasteiger partial charge < -0.3 is 20.6 Å². The Morgan fingerprint density at radius 2 is 1.52 bits per heavy atom. The number of hydrogen-bond acceptors (Lipinski definition) is 7. The molecule has 1 aromatic heterocycles. The van der Waals surface area contributed by atoms with Crippen LogP contribution in [-0.2, 0) is 27.1 Å². The first kappa shape index (κ1) is 30.5. The summed E-state index contributed by atoms with van der Waals surface area (Å²) in [4.78, 5) is 55.0. The van der Waals surface area contributed by atoms with Crippen molar-refractivity contribution in [3.05, 3.63) is 59.4 Å². The lowest BCUT2D eigenvalue weighted by Gasteiger charge is -2.44. The molecule has 1 saturated carbocycles. The van der Waals surface area contributed by atoms with Crippen LogP contribution in [0.15, 0.2) is 42.6 Å². The Morgan fingerprint density at radius 1 is 0.900 bits per heavy atom. The summed E-state index contributed by atoms with van der Waals surface area (Å²) in [7, 11) is 0. The number of aromatic carboxylic acids is 1. The van der Waals surface area contributed by atoms with Gasteiger partial charge in [-0.15, -0.1) is 0 Å². The molecule has 2 atom stereocenters. The highest BCUT2D eigenvalue weighted by molar-refractivity contribution is 5.95. The van der Waals surface area contributed by atoms with Crippen LogP contribution in [0.25, 0.3) is 0 Å². The lowest BCUT2D eigenvalue weighted by molar-refractivity contribution is -0.143. The molecule has 0 saturated heterocycles. The molecule has 3 rings (SSSR count). The van der Waals surface area contributed by atoms with Crippen LogP contribution in [0.2, 0.25) is 0 Å². The van der Waals surface area contributed by atoms with Crippen LogP contribution in [-0.4, -0.2) is 85.6 Å². The molecule has 11 nitrogen and oxygen atoms in total. The average Bonchev–Trinajstić information content (AvgIpc) is 2.87. The predicted molar refractivity (Wildman–Crippen MR) is 135 cm³/mol. The van der Waals surface area contributed by atoms with E-state index in [2.05, 4.69) is 10.3 Å². The first-order valence-electron chi connectivity index (χ1n) is 12.4. The molecular formula is C26H29F3N4O7. The van der Waals surface area contributed by atoms with Gasteiger partial charge in [-0.3, -0.25) is 29.2 Å². The monoisotopic (exact) mass is 566 g/mol. The smallest absolute Gasteiger partial charge is 0.416 e. The maximum absolute atomic E-state index is 13.3. The van der Waals surface area contributed by atoms with E-state index in [-0.39, 0.29) is 13.1 Å². The number of amides is 1. The molecule has 4 N–H and O–H groups in total. The SMILES string of the molecule is O=C(O)CN(CC(=O)Nc1cc(C(=O)O)cc(C(F)(F)F)c1)C1CCCCC1N(CC(=O)O)Cc1ccccn1. The second kappa shape index (κ2) is 13.3. The second-order valence-corrected chi connectivity index (χ2v) is 9.49. The number of halogens is 3. The normalized spacial score (nSPS) is 17.5. The number of anilines is 1. The fourth-order valence-corrected chi connectivity index (χ4v) is 4.94. The standard InChI is InChI=1S/C26H29F3N4O7/c27-26(28,29)17-9-16(25(39)40)10-19(11-17)31-22(34)13-33(15-24(37)38)21-7-2-1-6-20(21)32(14-23(35)36)12-18-5-3-4-8-30-18/h3-5,8-11,20-21H,1-2,6-7,12-15H2,(H,31,34)(H,35,36)(H,37,38)(H,39,40). The van der Waals surface area contributed by atoms with Gasteiger partial charge in [-0.25, -0.2) is 4.79 Å². The van der Waals surface area contributed by atoms with Gasteiger partial charge in [-0.05, 0) is 43.2 Å². The summed E-state index contributed by atoms with van der Waals surface area (Å²) in [5, 5.41) is 30.6. The number of carbonyl (C=O) groups is 4. The van der Waals surface area contributed by atoms with Gasteiger partial charge in [0.1, 0.15) is 0 Å². The zero-order valence-corrected chi connectivity index (χ0v) is 21.3. The van der Waals surface area contributed by atoms with Crippen LogP contribution < -0.4 is 5.32 Å². The number of carboxylic acid groups (broad SMARTS) is 3. The van der Waals surface area contributed by atoms with Gasteiger partial charge >= 0.3 is 24.1 Å². The van der Waals surface area contributed by atoms with E-state index in [1.54, 1.807) is 29.3 Å². The lowest BCUT2D eigenvalue weighted by Crippen LogP contribution is -2.56. The molecule has 1 heterocycles. The molecule has 0 radical (unpaired) electrons. The summed E-state index contributed by atoms with van der Waals surface area (Å²) in [6.45, 7) is -1.30. The number of aliphatic carboxylic acids is 2. The van der Waals surface area contributed by atoms with Crippen molar-refractivity contribution in [3.63, 3.8) is 0 Å². The third-order valence-electron chi connectivity index (χ3n) is 6.54. The topological polar surface area (TPSA) is 160 Å². The van der Waals surface area contributed by atoms with Crippen LogP contribution >= 0.6 is 0 Å². The number of benzene rings is 1. The fraction of sp³-hybridized carbons (Fsp3) is 0.423. The molecule has 216 valence electrons. The van der Waals surface area contributed by atoms with Crippen LogP contribution in [0, 0.1) is 0 Å². The molecule has 0 aliphatic heterocycles. The Labute approximate surface area is 227 Å². The molecule has 1 aromatic carbocycles. The number of nitrogens with one attached hydrogen (secondary N) is 1. The first-order chi connectivity index (χ1) is 18.8. The number of alkyl halides is 3. The Balaban J connectivity index is 1.86. The minimum Gasteiger partial charge on any atom is -0.480 e. The van der Waals surface area contributed by atoms with Crippen molar-refractivity contribution in [2.24, 2.45) is 0 Å². The maximum Gasteiger partial charge on any atom is 0.416 e. The number of hydrogen-bond donors (Lipinski definition) is 4. The molecule has 1 aliphatic carbocycles. The lowest BCUT2D eigenvalue weighted by atomic mass is 9.87. The molecule has 0 bridgehead atoms. The van der Waals surface area contributed by atoms with Gasteiger partial charge in [0.15, 0.2) is 0 Å². The summed E-state index contributed by atoms with van der Waals surface area (Å²) in [5.74, 6) is -4.82. The van der Waals surface area contributed by atoms with Gasteiger partial charge in [-0.2, -0.15) is 13.2 Å². The summed E-state index contributed by atoms with van der Waals surface area (Å²) in [6, 6.07) is 6.10. The number of rotatable bonds is 12. The fourth-order valence-electron chi connectivity index (χ4n) is 4.94. The number of carboxylic acids is 3. The highest BCUT2D eigenvalue weighted by atomic mass is 19.4. The molecule has 2 aromatic rings. The molecule has 40 heavy (non-hydrogen) atoms. The van der Waals surface area contributed by atoms with Crippen molar-refractivity contribution in [3.8, 4) is 0 Å². The summed E-state index contributed by atoms with van der Waals surface area (Å²) in [6.07, 6.45) is -0.879. The third kappa shape index (κ3) is 8.74. The van der Waals surface area contributed by atoms with Crippen molar-refractivity contribution < 1.29 is 47.7 Å². The van der Waals surface area contributed by atoms with E-state index in [4.69, 9.17) is 0 Å². The van der Waals surface area contributed by atoms with Gasteiger partial charge in [0.2, 0.25) is 5.91 Å². The Morgan fingerprint density at radius 3 is 2.08 bits per heavy atom. The average molecular weight is 567 g/mol. The highest BCUT2D eigenvalue weighted by Gasteiger charge is 2.37. The summed E-state index contributed by atoms with van der Waals surface area (Å²) >= 11 is 0. The van der Waals surface area contributed by atoms with E-state index < -0.39 is 72.0 Å². The van der Waals surface area contributed by atoms with Crippen LogP contribution in [0.4, 0.5) is 18.9 Å². The van der Waals surface area contributed by atoms with E-state index in [0.717, 1.165) is 12.5 Å². The van der Waals surface area contributed by atoms with E-state index in [9.17, 15) is 47.7 Å². The van der Waals surface area contributed by atoms with E-state index in [0.29, 0.717) is 37.1 Å². The Kier molecular flexibility index (Phi) is 10.2. The molecule has 2 unspecified atom stereocenters. The van der Waals surface area contributed by atoms with Crippen LogP contribution in [0.1, 0.15) is 47.3 Å². The second-order valence-electron chi connectivity index (χ2n) is 9.49. The van der Waals surface area contributed by atoms with E-state index >= 15 is 0 Å². The van der Waals surface area contributed by atoms with Crippen molar-refractivity contribution in [2.75, 3.05) is 25.0 Å². The largest absolute Gasteiger partial charge is 0.480 e. The molecular weight excluding hydrogens is 537 g/mol. The molecule has 1 aliphatic rings. The van der Waals surface area contributed by atoms with Gasteiger partial charge in [0.05, 0.1) is 36.5 Å². The summed E-state index contributed by atoms with van der Waals surface area (Å²) in [5.41, 5.74) is -1.75. The zero-order chi connectivity index (χ0) is 29.4. The Hall–Kier alpha value is -4.04. The van der Waals surface area contributed by atoms with Crippen molar-refractivity contribution in [1.82, 2.24) is 14.8 Å². The van der Waals surface area contributed by atoms with Crippen LogP contribution in [0.3, 0.4) is 0 Å². The van der Waals surface area contributed by atoms with E-state index in [1.807, 2.05) is 0 Å². The number of aromatic nitrogens is 1. The van der Waals surface area contributed by atoms with E-state index in [1.165, 1.54) is 4.90 Å². The van der Waals surface area contributed by atoms with Crippen LogP contribution in [0.5, 0.6) is 0 Å². The minimum absolute atomic E-state index is 0.170. The number of carbonyl (C=O) groups excluding carboxylic acids is 1. The van der Waals surface area contributed by atoms with Crippen molar-refractivity contribution >= 4 is 29.5 Å². The predicted octanol–water partition coefficient (Wildman–Crippen LogP) is 3.02. The maximum atomic E-state index is 13.3. The first-order valence-corrected chi connectivity index (χ1v) is 12.4. The van der Waals surface area contributed by atoms with Crippen molar-refractivity contribution in [1.29, 1.82) is 0 Å². The highest BCUT2D eigenvalue weighted by Crippen LogP contribution is 2.32. The molecule has 0 spiro atoms. The quantitative estimate of drug-likeness (QED) is 0.301. The summed E-state index contributed by atoms with van der Waals surface area (Å²) < 4.78 is 39.8. The number of nitrogens with zero attached hydrogens (tertiary/aromatic N) is 3. The van der Waals surface area contributed by atoms with Crippen molar-refractivity contribution in [2.45, 2.75) is 50.5 Å². The molecule has 14 heteroatoms. The van der Waals surface area contributed by atoms with Gasteiger partial charge in [-0.1, -0.05) is 18.9 Å². The minimum atomic E-state index is -4.86. The third-order valence-corrected chi connectivity index (χ3v) is 6.54. The zero-order valence-electron chi connectivity index (χ0n) is 21.3. The van der Waals surface area contributed by atoms with Gasteiger partial charge in [0.25, 0.3) is 0 Å².